The summed E-state index contributed by atoms with van der Waals surface area (Å²) in [5.41, 5.74) is 23.4. The molecule has 0 amide bonds. The number of nitrogens with zero attached hydrogens (tertiary/aromatic N) is 9. The van der Waals surface area contributed by atoms with E-state index in [2.05, 4.69) is 330 Å². The molecule has 0 bridgehead atoms. The molecular formula is C81H49N9. The smallest absolute Gasteiger partial charge is 0.220 e. The average molecular weight is 1150 g/mol. The van der Waals surface area contributed by atoms with Crippen LogP contribution in [0.15, 0.2) is 297 Å². The van der Waals surface area contributed by atoms with Gasteiger partial charge in [0, 0.05) is 21.5 Å². The molecule has 0 saturated heterocycles. The number of para-hydroxylation sites is 4. The first kappa shape index (κ1) is 49.7. The molecule has 19 rings (SSSR count). The van der Waals surface area contributed by atoms with Crippen molar-refractivity contribution >= 4 is 99.3 Å². The predicted octanol–water partition coefficient (Wildman–Crippen LogP) is 19.9. The fraction of sp³-hybridized carbons (Fsp3) is 0. The van der Waals surface area contributed by atoms with Crippen LogP contribution in [0.3, 0.4) is 0 Å². The van der Waals surface area contributed by atoms with E-state index in [-0.39, 0.29) is 0 Å². The third kappa shape index (κ3) is 7.18. The molecule has 0 saturated carbocycles. The Balaban J connectivity index is 1.04. The lowest BCUT2D eigenvalue weighted by Crippen LogP contribution is -2.14. The Morgan fingerprint density at radius 2 is 0.544 bits per heavy atom. The van der Waals surface area contributed by atoms with Gasteiger partial charge in [-0.1, -0.05) is 218 Å². The SMILES string of the molecule is N#Cc1c(-n2c3ccccc3c3ccccc32)c(-n2c3ccc(-c4ccccc4)cc3n3c4cc(-c5ccccc5)ccc4nc23)cc(-n2c3ccc(-c4ccccc4)cc3n3c4cc(-c5ccccc5)ccc4nc23)c1-n1c2ccccc2c2ccccc21. The number of nitriles is 1. The molecule has 0 radical (unpaired) electrons. The lowest BCUT2D eigenvalue weighted by molar-refractivity contribution is 1.01. The monoisotopic (exact) mass is 1150 g/mol. The van der Waals surface area contributed by atoms with Crippen molar-refractivity contribution in [3.63, 3.8) is 0 Å². The highest BCUT2D eigenvalue weighted by Gasteiger charge is 2.32. The highest BCUT2D eigenvalue weighted by molar-refractivity contribution is 6.13. The minimum absolute atomic E-state index is 0.465. The number of hydrogen-bond donors (Lipinski definition) is 0. The molecule has 0 unspecified atom stereocenters. The molecule has 6 heterocycles. The molecule has 0 aliphatic rings. The van der Waals surface area contributed by atoms with Crippen LogP contribution in [0.1, 0.15) is 5.56 Å². The number of rotatable bonds is 8. The second kappa shape index (κ2) is 19.2. The molecule has 0 aliphatic heterocycles. The zero-order valence-corrected chi connectivity index (χ0v) is 48.3. The molecule has 418 valence electrons. The second-order valence-corrected chi connectivity index (χ2v) is 23.3. The van der Waals surface area contributed by atoms with E-state index in [9.17, 15) is 5.26 Å². The van der Waals surface area contributed by atoms with Gasteiger partial charge in [0.2, 0.25) is 11.6 Å². The van der Waals surface area contributed by atoms with E-state index in [0.717, 1.165) is 144 Å². The van der Waals surface area contributed by atoms with Gasteiger partial charge in [0.25, 0.3) is 0 Å². The topological polar surface area (TPSA) is 78.1 Å². The zero-order chi connectivity index (χ0) is 59.1. The van der Waals surface area contributed by atoms with Crippen molar-refractivity contribution in [3.05, 3.63) is 303 Å². The first-order valence-electron chi connectivity index (χ1n) is 30.4. The molecule has 9 heteroatoms. The Hall–Kier alpha value is -12.5. The minimum atomic E-state index is 0.465. The lowest BCUT2D eigenvalue weighted by Gasteiger charge is -2.24. The van der Waals surface area contributed by atoms with Crippen molar-refractivity contribution in [2.45, 2.75) is 0 Å². The van der Waals surface area contributed by atoms with Gasteiger partial charge in [0.1, 0.15) is 11.6 Å². The van der Waals surface area contributed by atoms with Crippen molar-refractivity contribution in [2.24, 2.45) is 0 Å². The van der Waals surface area contributed by atoms with Crippen molar-refractivity contribution in [1.82, 2.24) is 37.0 Å². The van der Waals surface area contributed by atoms with E-state index in [4.69, 9.17) is 9.97 Å². The summed E-state index contributed by atoms with van der Waals surface area (Å²) in [7, 11) is 0. The lowest BCUT2D eigenvalue weighted by atomic mass is 10.0. The van der Waals surface area contributed by atoms with Crippen LogP contribution in [0, 0.1) is 11.3 Å². The Labute approximate surface area is 514 Å². The summed E-state index contributed by atoms with van der Waals surface area (Å²) in [4.78, 5) is 11.4. The third-order valence-corrected chi connectivity index (χ3v) is 18.4. The summed E-state index contributed by atoms with van der Waals surface area (Å²) in [5, 5.41) is 17.3. The molecule has 0 N–H and O–H groups in total. The first-order valence-corrected chi connectivity index (χ1v) is 30.4. The van der Waals surface area contributed by atoms with Crippen molar-refractivity contribution in [1.29, 1.82) is 5.26 Å². The summed E-state index contributed by atoms with van der Waals surface area (Å²) >= 11 is 0. The van der Waals surface area contributed by atoms with Crippen molar-refractivity contribution in [2.75, 3.05) is 0 Å². The fourth-order valence-electron chi connectivity index (χ4n) is 14.5. The first-order chi connectivity index (χ1) is 44.6. The van der Waals surface area contributed by atoms with Gasteiger partial charge in [0.05, 0.1) is 88.9 Å². The number of aromatic nitrogens is 8. The molecule has 0 atom stereocenters. The fourth-order valence-corrected chi connectivity index (χ4v) is 14.5. The quantitative estimate of drug-likeness (QED) is 0.152. The van der Waals surface area contributed by atoms with Gasteiger partial charge in [-0.05, 0) is 123 Å². The van der Waals surface area contributed by atoms with E-state index in [1.807, 2.05) is 0 Å². The molecule has 13 aromatic carbocycles. The van der Waals surface area contributed by atoms with Crippen LogP contribution in [0.25, 0.3) is 167 Å². The van der Waals surface area contributed by atoms with Gasteiger partial charge in [-0.25, -0.2) is 9.97 Å². The normalized spacial score (nSPS) is 12.0. The van der Waals surface area contributed by atoms with Gasteiger partial charge in [-0.2, -0.15) is 5.26 Å². The van der Waals surface area contributed by atoms with E-state index in [0.29, 0.717) is 28.5 Å². The van der Waals surface area contributed by atoms with Gasteiger partial charge in [-0.15, -0.1) is 0 Å². The molecule has 0 aliphatic carbocycles. The maximum atomic E-state index is 13.0. The van der Waals surface area contributed by atoms with Crippen LogP contribution in [-0.2, 0) is 0 Å². The molecule has 90 heavy (non-hydrogen) atoms. The summed E-state index contributed by atoms with van der Waals surface area (Å²) in [6.07, 6.45) is 0. The number of imidazole rings is 4. The van der Waals surface area contributed by atoms with E-state index in [1.165, 1.54) is 0 Å². The van der Waals surface area contributed by atoms with Gasteiger partial charge in [0.15, 0.2) is 0 Å². The Morgan fingerprint density at radius 1 is 0.244 bits per heavy atom. The third-order valence-electron chi connectivity index (χ3n) is 18.4. The van der Waals surface area contributed by atoms with Crippen LogP contribution in [0.2, 0.25) is 0 Å². The van der Waals surface area contributed by atoms with Crippen LogP contribution in [0.5, 0.6) is 0 Å². The summed E-state index contributed by atoms with van der Waals surface area (Å²) < 4.78 is 13.9. The second-order valence-electron chi connectivity index (χ2n) is 23.3. The minimum Gasteiger partial charge on any atom is -0.306 e. The molecule has 0 spiro atoms. The molecule has 19 aromatic rings. The molecule has 9 nitrogen and oxygen atoms in total. The van der Waals surface area contributed by atoms with Crippen LogP contribution < -0.4 is 0 Å². The van der Waals surface area contributed by atoms with Crippen molar-refractivity contribution < 1.29 is 0 Å². The maximum Gasteiger partial charge on any atom is 0.220 e. The molecule has 0 fully saturated rings. The summed E-state index contributed by atoms with van der Waals surface area (Å²) in [6.45, 7) is 0. The number of hydrogen-bond acceptors (Lipinski definition) is 3. The van der Waals surface area contributed by atoms with Gasteiger partial charge >= 0.3 is 0 Å². The largest absolute Gasteiger partial charge is 0.306 e. The number of fused-ring (bicyclic) bond motifs is 16. The zero-order valence-electron chi connectivity index (χ0n) is 48.3. The highest BCUT2D eigenvalue weighted by atomic mass is 15.2. The predicted molar refractivity (Wildman–Crippen MR) is 368 cm³/mol. The van der Waals surface area contributed by atoms with E-state index in [1.54, 1.807) is 0 Å². The van der Waals surface area contributed by atoms with Crippen LogP contribution in [0.4, 0.5) is 0 Å². The van der Waals surface area contributed by atoms with Crippen molar-refractivity contribution in [3.8, 4) is 73.3 Å². The maximum absolute atomic E-state index is 13.0. The van der Waals surface area contributed by atoms with Crippen LogP contribution >= 0.6 is 0 Å². The Kier molecular flexibility index (Phi) is 10.6. The standard InChI is InChI=1S/C81H49N9/c82-50-63-78(85-66-33-17-13-29-59(66)60-30-14-18-34-67(60)85)76(87-70-43-39-57(53-25-9-3-10-26-53)47-74(70)89-72-45-55(51-21-5-1-6-22-51)37-41-64(72)83-80(87)89)49-77(79(63)86-68-35-19-15-31-61(68)62-32-16-20-36-69(62)86)88-71-44-40-58(54-27-11-4-12-28-54)48-75(71)90-73-46-56(52-23-7-2-8-24-52)38-42-65(73)84-81(88)90/h1-49H. The summed E-state index contributed by atoms with van der Waals surface area (Å²) in [6, 6.07) is 109. The number of benzene rings is 13. The van der Waals surface area contributed by atoms with Crippen LogP contribution in [-0.4, -0.2) is 37.0 Å². The highest BCUT2D eigenvalue weighted by Crippen LogP contribution is 2.47. The van der Waals surface area contributed by atoms with E-state index >= 15 is 0 Å². The average Bonchev–Trinajstić information content (AvgIpc) is 1.52. The Bertz CT molecular complexity index is 5730. The molecule has 6 aromatic heterocycles. The summed E-state index contributed by atoms with van der Waals surface area (Å²) in [5.74, 6) is 1.40. The Morgan fingerprint density at radius 3 is 0.878 bits per heavy atom. The van der Waals surface area contributed by atoms with Gasteiger partial charge < -0.3 is 9.13 Å². The van der Waals surface area contributed by atoms with Gasteiger partial charge in [-0.3, -0.25) is 17.9 Å². The van der Waals surface area contributed by atoms with E-state index < -0.39 is 0 Å². The molecular weight excluding hydrogens is 1100 g/mol.